The fourth-order valence-corrected chi connectivity index (χ4v) is 2.24. The molecule has 0 saturated carbocycles. The number of hydrogen-bond acceptors (Lipinski definition) is 3. The Bertz CT molecular complexity index is 616. The number of para-hydroxylation sites is 1. The number of benzene rings is 1. The number of hydrogen-bond donors (Lipinski definition) is 2. The Labute approximate surface area is 130 Å². The Kier molecular flexibility index (Phi) is 5.36. The van der Waals surface area contributed by atoms with Crippen LogP contribution in [0, 0.1) is 0 Å². The number of carbonyl (C=O) groups excluding carboxylic acids is 1. The van der Waals surface area contributed by atoms with Gasteiger partial charge in [-0.1, -0.05) is 24.3 Å². The maximum absolute atomic E-state index is 12.1. The van der Waals surface area contributed by atoms with Crippen LogP contribution in [-0.4, -0.2) is 18.1 Å². The third kappa shape index (κ3) is 3.97. The first kappa shape index (κ1) is 15.8. The molecule has 2 N–H and O–H groups in total. The van der Waals surface area contributed by atoms with E-state index in [1.54, 1.807) is 13.3 Å². The molecule has 0 fully saturated rings. The summed E-state index contributed by atoms with van der Waals surface area (Å²) in [6.07, 6.45) is 1.71. The van der Waals surface area contributed by atoms with Gasteiger partial charge in [0.1, 0.15) is 5.75 Å². The highest BCUT2D eigenvalue weighted by atomic mass is 16.5. The number of nitrogens with one attached hydrogen (secondary N) is 2. The van der Waals surface area contributed by atoms with Gasteiger partial charge in [-0.05, 0) is 32.0 Å². The summed E-state index contributed by atoms with van der Waals surface area (Å²) in [6, 6.07) is 12.7. The first-order valence-electron chi connectivity index (χ1n) is 7.22. The van der Waals surface area contributed by atoms with E-state index < -0.39 is 0 Å². The molecule has 2 atom stereocenters. The van der Waals surface area contributed by atoms with Crippen molar-refractivity contribution >= 4 is 6.03 Å². The van der Waals surface area contributed by atoms with Crippen LogP contribution in [0.2, 0.25) is 0 Å². The average molecular weight is 299 g/mol. The minimum atomic E-state index is -0.239. The lowest BCUT2D eigenvalue weighted by Crippen LogP contribution is -2.38. The summed E-state index contributed by atoms with van der Waals surface area (Å²) in [6.45, 7) is 3.82. The van der Waals surface area contributed by atoms with Gasteiger partial charge in [0.2, 0.25) is 0 Å². The lowest BCUT2D eigenvalue weighted by atomic mass is 10.1. The molecule has 0 aliphatic carbocycles. The molecule has 5 heteroatoms. The third-order valence-electron chi connectivity index (χ3n) is 3.43. The lowest BCUT2D eigenvalue weighted by molar-refractivity contribution is 0.234. The standard InChI is InChI=1S/C17H21N3O2/c1-12(14-8-4-5-10-16(14)22-3)19-17(21)20-13(2)15-9-6-7-11-18-15/h4-13H,1-3H3,(H2,19,20,21)/t12-,13+/m1/s1. The number of ether oxygens (including phenoxy) is 1. The fourth-order valence-electron chi connectivity index (χ4n) is 2.24. The van der Waals surface area contributed by atoms with Crippen LogP contribution in [0.25, 0.3) is 0 Å². The van der Waals surface area contributed by atoms with E-state index in [1.807, 2.05) is 56.3 Å². The van der Waals surface area contributed by atoms with Crippen LogP contribution < -0.4 is 15.4 Å². The Hall–Kier alpha value is -2.56. The highest BCUT2D eigenvalue weighted by Gasteiger charge is 2.15. The SMILES string of the molecule is COc1ccccc1[C@@H](C)NC(=O)N[C@@H](C)c1ccccn1. The molecule has 22 heavy (non-hydrogen) atoms. The molecule has 0 radical (unpaired) electrons. The number of urea groups is 1. The van der Waals surface area contributed by atoms with E-state index in [2.05, 4.69) is 15.6 Å². The third-order valence-corrected chi connectivity index (χ3v) is 3.43. The molecule has 0 spiro atoms. The van der Waals surface area contributed by atoms with Crippen LogP contribution in [0.15, 0.2) is 48.7 Å². The van der Waals surface area contributed by atoms with Gasteiger partial charge >= 0.3 is 6.03 Å². The van der Waals surface area contributed by atoms with Crippen molar-refractivity contribution in [1.29, 1.82) is 0 Å². The second-order valence-electron chi connectivity index (χ2n) is 5.06. The summed E-state index contributed by atoms with van der Waals surface area (Å²) in [5.41, 5.74) is 1.76. The maximum atomic E-state index is 12.1. The number of amides is 2. The van der Waals surface area contributed by atoms with Crippen molar-refractivity contribution < 1.29 is 9.53 Å². The van der Waals surface area contributed by atoms with Crippen molar-refractivity contribution in [2.24, 2.45) is 0 Å². The van der Waals surface area contributed by atoms with E-state index in [-0.39, 0.29) is 18.1 Å². The van der Waals surface area contributed by atoms with Crippen LogP contribution in [0.3, 0.4) is 0 Å². The molecule has 0 unspecified atom stereocenters. The van der Waals surface area contributed by atoms with Crippen LogP contribution in [-0.2, 0) is 0 Å². The maximum Gasteiger partial charge on any atom is 0.315 e. The summed E-state index contributed by atoms with van der Waals surface area (Å²) in [4.78, 5) is 16.4. The van der Waals surface area contributed by atoms with Gasteiger partial charge < -0.3 is 15.4 Å². The van der Waals surface area contributed by atoms with Gasteiger partial charge in [-0.3, -0.25) is 4.98 Å². The van der Waals surface area contributed by atoms with E-state index in [1.165, 1.54) is 0 Å². The topological polar surface area (TPSA) is 63.2 Å². The molecule has 2 amide bonds. The summed E-state index contributed by atoms with van der Waals surface area (Å²) < 4.78 is 5.32. The normalized spacial score (nSPS) is 13.0. The van der Waals surface area contributed by atoms with Crippen molar-refractivity contribution in [2.45, 2.75) is 25.9 Å². The molecule has 0 aliphatic rings. The predicted octanol–water partition coefficient (Wildman–Crippen LogP) is 3.21. The van der Waals surface area contributed by atoms with Crippen LogP contribution in [0.5, 0.6) is 5.75 Å². The van der Waals surface area contributed by atoms with Gasteiger partial charge in [0, 0.05) is 11.8 Å². The highest BCUT2D eigenvalue weighted by molar-refractivity contribution is 5.75. The van der Waals surface area contributed by atoms with E-state index in [0.29, 0.717) is 0 Å². The number of methoxy groups -OCH3 is 1. The molecule has 5 nitrogen and oxygen atoms in total. The second kappa shape index (κ2) is 7.45. The molecule has 2 rings (SSSR count). The predicted molar refractivity (Wildman–Crippen MR) is 85.7 cm³/mol. The molecule has 2 aromatic rings. The van der Waals surface area contributed by atoms with E-state index in [0.717, 1.165) is 17.0 Å². The van der Waals surface area contributed by atoms with Gasteiger partial charge in [-0.2, -0.15) is 0 Å². The molecular formula is C17H21N3O2. The zero-order chi connectivity index (χ0) is 15.9. The summed E-state index contributed by atoms with van der Waals surface area (Å²) in [5, 5.41) is 5.79. The minimum absolute atomic E-state index is 0.160. The second-order valence-corrected chi connectivity index (χ2v) is 5.06. The molecular weight excluding hydrogens is 278 g/mol. The van der Waals surface area contributed by atoms with Crippen molar-refractivity contribution in [3.8, 4) is 5.75 Å². The smallest absolute Gasteiger partial charge is 0.315 e. The molecule has 1 heterocycles. The van der Waals surface area contributed by atoms with Crippen LogP contribution >= 0.6 is 0 Å². The summed E-state index contributed by atoms with van der Waals surface area (Å²) >= 11 is 0. The summed E-state index contributed by atoms with van der Waals surface area (Å²) in [7, 11) is 1.62. The number of rotatable bonds is 5. The van der Waals surface area contributed by atoms with Gasteiger partial charge in [0.15, 0.2) is 0 Å². The Balaban J connectivity index is 1.97. The van der Waals surface area contributed by atoms with Crippen LogP contribution in [0.1, 0.15) is 37.2 Å². The molecule has 1 aromatic heterocycles. The van der Waals surface area contributed by atoms with Crippen molar-refractivity contribution in [2.75, 3.05) is 7.11 Å². The lowest BCUT2D eigenvalue weighted by Gasteiger charge is -2.19. The van der Waals surface area contributed by atoms with Crippen molar-refractivity contribution in [3.05, 3.63) is 59.9 Å². The first-order valence-corrected chi connectivity index (χ1v) is 7.22. The molecule has 0 bridgehead atoms. The van der Waals surface area contributed by atoms with Crippen LogP contribution in [0.4, 0.5) is 4.79 Å². The fraction of sp³-hybridized carbons (Fsp3) is 0.294. The van der Waals surface area contributed by atoms with Gasteiger partial charge in [-0.15, -0.1) is 0 Å². The Morgan fingerprint density at radius 1 is 1.05 bits per heavy atom. The van der Waals surface area contributed by atoms with Gasteiger partial charge in [0.05, 0.1) is 24.9 Å². The number of carbonyl (C=O) groups is 1. The van der Waals surface area contributed by atoms with Gasteiger partial charge in [-0.25, -0.2) is 4.79 Å². The average Bonchev–Trinajstić information content (AvgIpc) is 2.55. The van der Waals surface area contributed by atoms with E-state index in [9.17, 15) is 4.79 Å². The monoisotopic (exact) mass is 299 g/mol. The number of nitrogens with zero attached hydrogens (tertiary/aromatic N) is 1. The van der Waals surface area contributed by atoms with E-state index in [4.69, 9.17) is 4.74 Å². The number of aromatic nitrogens is 1. The minimum Gasteiger partial charge on any atom is -0.496 e. The molecule has 1 aromatic carbocycles. The first-order chi connectivity index (χ1) is 10.6. The van der Waals surface area contributed by atoms with E-state index >= 15 is 0 Å². The van der Waals surface area contributed by atoms with Crippen molar-refractivity contribution in [3.63, 3.8) is 0 Å². The zero-order valence-electron chi connectivity index (χ0n) is 13.0. The molecule has 0 saturated heterocycles. The number of pyridine rings is 1. The summed E-state index contributed by atoms with van der Waals surface area (Å²) in [5.74, 6) is 0.757. The molecule has 0 aliphatic heterocycles. The quantitative estimate of drug-likeness (QED) is 0.891. The van der Waals surface area contributed by atoms with Gasteiger partial charge in [0.25, 0.3) is 0 Å². The Morgan fingerprint density at radius 2 is 1.73 bits per heavy atom. The zero-order valence-corrected chi connectivity index (χ0v) is 13.0. The van der Waals surface area contributed by atoms with Crippen molar-refractivity contribution in [1.82, 2.24) is 15.6 Å². The Morgan fingerprint density at radius 3 is 2.41 bits per heavy atom. The largest absolute Gasteiger partial charge is 0.496 e. The highest BCUT2D eigenvalue weighted by Crippen LogP contribution is 2.24. The molecule has 116 valence electrons.